The van der Waals surface area contributed by atoms with Gasteiger partial charge in [0.2, 0.25) is 0 Å². The summed E-state index contributed by atoms with van der Waals surface area (Å²) in [7, 11) is 1.49. The van der Waals surface area contributed by atoms with E-state index in [-0.39, 0.29) is 18.1 Å². The number of carbonyl (C=O) groups is 1. The van der Waals surface area contributed by atoms with Gasteiger partial charge in [-0.1, -0.05) is 0 Å². The van der Waals surface area contributed by atoms with Crippen molar-refractivity contribution in [3.63, 3.8) is 0 Å². The standard InChI is InChI=1S/C18H17N3O3S2/c1-10-17(25-9-20-10)18-21-11(2)16(26-18)14(23)8-19-7-12-4-5-15(24-3)13(22)6-12/h4-7,9,22H,8H2,1-3H3. The largest absolute Gasteiger partial charge is 0.504 e. The van der Waals surface area contributed by atoms with Gasteiger partial charge in [-0.3, -0.25) is 9.79 Å². The Kier molecular flexibility index (Phi) is 5.43. The molecule has 134 valence electrons. The maximum atomic E-state index is 12.5. The molecule has 0 bridgehead atoms. The summed E-state index contributed by atoms with van der Waals surface area (Å²) >= 11 is 2.89. The highest BCUT2D eigenvalue weighted by atomic mass is 32.1. The van der Waals surface area contributed by atoms with Crippen LogP contribution in [0.1, 0.15) is 26.6 Å². The second-order valence-electron chi connectivity index (χ2n) is 5.52. The third kappa shape index (κ3) is 3.81. The summed E-state index contributed by atoms with van der Waals surface area (Å²) in [6.07, 6.45) is 1.56. The SMILES string of the molecule is COc1ccc(C=NCC(=O)c2sc(-c3scnc3C)nc2C)cc1O. The van der Waals surface area contributed by atoms with Gasteiger partial charge in [-0.2, -0.15) is 0 Å². The Bertz CT molecular complexity index is 976. The van der Waals surface area contributed by atoms with Crippen LogP contribution >= 0.6 is 22.7 Å². The molecule has 0 saturated heterocycles. The highest BCUT2D eigenvalue weighted by Crippen LogP contribution is 2.33. The van der Waals surface area contributed by atoms with E-state index < -0.39 is 0 Å². The van der Waals surface area contributed by atoms with Crippen LogP contribution in [-0.2, 0) is 0 Å². The molecular formula is C18H17N3O3S2. The molecule has 0 aliphatic heterocycles. The molecular weight excluding hydrogens is 370 g/mol. The molecule has 1 N–H and O–H groups in total. The van der Waals surface area contributed by atoms with Gasteiger partial charge in [-0.15, -0.1) is 22.7 Å². The number of aromatic hydroxyl groups is 1. The molecule has 3 rings (SSSR count). The third-order valence-corrected chi connectivity index (χ3v) is 5.95. The van der Waals surface area contributed by atoms with Crippen molar-refractivity contribution in [2.45, 2.75) is 13.8 Å². The third-order valence-electron chi connectivity index (χ3n) is 3.67. The lowest BCUT2D eigenvalue weighted by Crippen LogP contribution is -2.03. The Morgan fingerprint density at radius 3 is 2.81 bits per heavy atom. The van der Waals surface area contributed by atoms with Crippen LogP contribution in [0.15, 0.2) is 28.7 Å². The summed E-state index contributed by atoms with van der Waals surface area (Å²) in [5.74, 6) is 0.345. The Morgan fingerprint density at radius 2 is 2.15 bits per heavy atom. The highest BCUT2D eigenvalue weighted by molar-refractivity contribution is 7.22. The van der Waals surface area contributed by atoms with E-state index in [1.807, 2.05) is 13.8 Å². The quantitative estimate of drug-likeness (QED) is 0.512. The number of aromatic nitrogens is 2. The zero-order valence-electron chi connectivity index (χ0n) is 14.5. The molecule has 0 amide bonds. The first-order valence-electron chi connectivity index (χ1n) is 7.77. The maximum Gasteiger partial charge on any atom is 0.196 e. The van der Waals surface area contributed by atoms with E-state index in [2.05, 4.69) is 15.0 Å². The van der Waals surface area contributed by atoms with E-state index in [9.17, 15) is 9.90 Å². The van der Waals surface area contributed by atoms with Gasteiger partial charge in [0.05, 0.1) is 33.8 Å². The van der Waals surface area contributed by atoms with Gasteiger partial charge < -0.3 is 9.84 Å². The number of hydrogen-bond donors (Lipinski definition) is 1. The van der Waals surface area contributed by atoms with Gasteiger partial charge in [0.1, 0.15) is 11.6 Å². The molecule has 0 saturated carbocycles. The second kappa shape index (κ2) is 7.76. The lowest BCUT2D eigenvalue weighted by Gasteiger charge is -2.02. The predicted octanol–water partition coefficient (Wildman–Crippen LogP) is 3.90. The molecule has 0 aliphatic rings. The number of hydrogen-bond acceptors (Lipinski definition) is 8. The number of phenolic OH excluding ortho intramolecular Hbond substituents is 1. The minimum absolute atomic E-state index is 0.0247. The van der Waals surface area contributed by atoms with Crippen LogP contribution in [0.5, 0.6) is 11.5 Å². The van der Waals surface area contributed by atoms with Crippen molar-refractivity contribution < 1.29 is 14.6 Å². The van der Waals surface area contributed by atoms with Crippen molar-refractivity contribution >= 4 is 34.7 Å². The molecule has 8 heteroatoms. The molecule has 26 heavy (non-hydrogen) atoms. The van der Waals surface area contributed by atoms with Gasteiger partial charge in [0, 0.05) is 6.21 Å². The number of ketones is 1. The number of rotatable bonds is 6. The Morgan fingerprint density at radius 1 is 1.35 bits per heavy atom. The van der Waals surface area contributed by atoms with Gasteiger partial charge in [-0.25, -0.2) is 9.97 Å². The number of carbonyl (C=O) groups excluding carboxylic acids is 1. The molecule has 0 aliphatic carbocycles. The van der Waals surface area contributed by atoms with Gasteiger partial charge >= 0.3 is 0 Å². The van der Waals surface area contributed by atoms with Crippen LogP contribution < -0.4 is 4.74 Å². The van der Waals surface area contributed by atoms with Crippen LogP contribution in [-0.4, -0.2) is 40.7 Å². The van der Waals surface area contributed by atoms with E-state index in [1.54, 1.807) is 23.9 Å². The first kappa shape index (κ1) is 18.2. The van der Waals surface area contributed by atoms with Crippen LogP contribution in [0.2, 0.25) is 0 Å². The van der Waals surface area contributed by atoms with Crippen molar-refractivity contribution in [3.05, 3.63) is 45.5 Å². The smallest absolute Gasteiger partial charge is 0.196 e. The molecule has 1 aromatic carbocycles. The van der Waals surface area contributed by atoms with Crippen molar-refractivity contribution in [2.24, 2.45) is 4.99 Å². The first-order valence-corrected chi connectivity index (χ1v) is 9.47. The van der Waals surface area contributed by atoms with E-state index >= 15 is 0 Å². The van der Waals surface area contributed by atoms with Crippen LogP contribution in [0, 0.1) is 13.8 Å². The fourth-order valence-electron chi connectivity index (χ4n) is 2.35. The van der Waals surface area contributed by atoms with Crippen molar-refractivity contribution in [1.82, 2.24) is 9.97 Å². The number of thiazole rings is 2. The van der Waals surface area contributed by atoms with E-state index in [0.717, 1.165) is 15.6 Å². The molecule has 0 unspecified atom stereocenters. The van der Waals surface area contributed by atoms with Crippen LogP contribution in [0.4, 0.5) is 0 Å². The summed E-state index contributed by atoms with van der Waals surface area (Å²) in [5, 5.41) is 10.6. The Balaban J connectivity index is 1.71. The van der Waals surface area contributed by atoms with E-state index in [1.165, 1.54) is 35.8 Å². The monoisotopic (exact) mass is 387 g/mol. The molecule has 6 nitrogen and oxygen atoms in total. The van der Waals surface area contributed by atoms with Gasteiger partial charge in [0.15, 0.2) is 17.3 Å². The summed E-state index contributed by atoms with van der Waals surface area (Å²) in [6, 6.07) is 4.94. The van der Waals surface area contributed by atoms with Crippen molar-refractivity contribution in [2.75, 3.05) is 13.7 Å². The molecule has 2 aromatic heterocycles. The summed E-state index contributed by atoms with van der Waals surface area (Å²) in [6.45, 7) is 3.78. The summed E-state index contributed by atoms with van der Waals surface area (Å²) in [4.78, 5) is 27.0. The summed E-state index contributed by atoms with van der Waals surface area (Å²) in [5.41, 5.74) is 4.09. The summed E-state index contributed by atoms with van der Waals surface area (Å²) < 4.78 is 5.00. The van der Waals surface area contributed by atoms with Crippen molar-refractivity contribution in [1.29, 1.82) is 0 Å². The van der Waals surface area contributed by atoms with Crippen LogP contribution in [0.3, 0.4) is 0 Å². The number of benzene rings is 1. The highest BCUT2D eigenvalue weighted by Gasteiger charge is 2.17. The topological polar surface area (TPSA) is 84.7 Å². The number of nitrogens with zero attached hydrogens (tertiary/aromatic N) is 3. The molecule has 0 radical (unpaired) electrons. The Hall–Kier alpha value is -2.58. The Labute approximate surface area is 158 Å². The number of methoxy groups -OCH3 is 1. The van der Waals surface area contributed by atoms with Crippen molar-refractivity contribution in [3.8, 4) is 21.4 Å². The zero-order valence-corrected chi connectivity index (χ0v) is 16.1. The molecule has 2 heterocycles. The lowest BCUT2D eigenvalue weighted by atomic mass is 10.2. The number of ether oxygens (including phenoxy) is 1. The number of aryl methyl sites for hydroxylation is 2. The van der Waals surface area contributed by atoms with Gasteiger partial charge in [-0.05, 0) is 37.6 Å². The minimum Gasteiger partial charge on any atom is -0.504 e. The fourth-order valence-corrected chi connectivity index (χ4v) is 4.30. The van der Waals surface area contributed by atoms with E-state index in [4.69, 9.17) is 4.74 Å². The zero-order chi connectivity index (χ0) is 18.7. The maximum absolute atomic E-state index is 12.5. The fraction of sp³-hybridized carbons (Fsp3) is 0.222. The molecule has 3 aromatic rings. The van der Waals surface area contributed by atoms with Crippen LogP contribution in [0.25, 0.3) is 9.88 Å². The number of aliphatic imine (C=N–C) groups is 1. The average molecular weight is 387 g/mol. The predicted molar refractivity (Wildman–Crippen MR) is 104 cm³/mol. The normalized spacial score (nSPS) is 11.2. The average Bonchev–Trinajstić information content (AvgIpc) is 3.20. The lowest BCUT2D eigenvalue weighted by molar-refractivity contribution is 0.100. The number of phenols is 1. The molecule has 0 fully saturated rings. The first-order chi connectivity index (χ1) is 12.5. The van der Waals surface area contributed by atoms with E-state index in [0.29, 0.717) is 21.9 Å². The van der Waals surface area contributed by atoms with Gasteiger partial charge in [0.25, 0.3) is 0 Å². The number of Topliss-reactive ketones (excluding diaryl/α,β-unsaturated/α-hetero) is 1. The molecule has 0 spiro atoms. The second-order valence-corrected chi connectivity index (χ2v) is 7.38. The molecule has 0 atom stereocenters. The minimum atomic E-state index is -0.0811.